The molecule has 0 atom stereocenters. The Morgan fingerprint density at radius 1 is 1.10 bits per heavy atom. The van der Waals surface area contributed by atoms with E-state index in [1.807, 2.05) is 18.2 Å². The maximum Gasteiger partial charge on any atom is 0.248 e. The van der Waals surface area contributed by atoms with Crippen LogP contribution in [-0.2, 0) is 4.74 Å². The van der Waals surface area contributed by atoms with Crippen molar-refractivity contribution in [3.8, 4) is 17.0 Å². The zero-order chi connectivity index (χ0) is 27.5. The van der Waals surface area contributed by atoms with E-state index in [-0.39, 0.29) is 0 Å². The number of hydrogen-bond acceptors (Lipinski definition) is 9. The van der Waals surface area contributed by atoms with Gasteiger partial charge in [-0.25, -0.2) is 0 Å². The van der Waals surface area contributed by atoms with Crippen LogP contribution in [0.4, 0.5) is 23.1 Å². The number of carbonyl (C=O) groups excluding carboxylic acids is 1. The highest BCUT2D eigenvalue weighted by Crippen LogP contribution is 2.36. The van der Waals surface area contributed by atoms with Crippen molar-refractivity contribution >= 4 is 40.1 Å². The largest absolute Gasteiger partial charge is 0.494 e. The van der Waals surface area contributed by atoms with Gasteiger partial charge in [-0.3, -0.25) is 9.89 Å². The quantitative estimate of drug-likeness (QED) is 0.254. The summed E-state index contributed by atoms with van der Waals surface area (Å²) in [7, 11) is 1.66. The Bertz CT molecular complexity index is 1510. The number of methoxy groups -OCH3 is 1. The van der Waals surface area contributed by atoms with Crippen LogP contribution in [0.25, 0.3) is 22.3 Å². The Morgan fingerprint density at radius 3 is 2.70 bits per heavy atom. The van der Waals surface area contributed by atoms with E-state index in [0.29, 0.717) is 53.7 Å². The van der Waals surface area contributed by atoms with E-state index in [2.05, 4.69) is 31.8 Å². The Morgan fingerprint density at radius 2 is 1.93 bits per heavy atom. The molecule has 2 aromatic carbocycles. The first-order valence-electron chi connectivity index (χ1n) is 13.8. The van der Waals surface area contributed by atoms with Gasteiger partial charge in [0, 0.05) is 42.0 Å². The van der Waals surface area contributed by atoms with Gasteiger partial charge in [-0.15, -0.1) is 0 Å². The minimum Gasteiger partial charge on any atom is -0.494 e. The summed E-state index contributed by atoms with van der Waals surface area (Å²) in [5.74, 6) is 1.32. The third-order valence-electron chi connectivity index (χ3n) is 7.59. The number of rotatable bonds is 8. The van der Waals surface area contributed by atoms with Crippen molar-refractivity contribution in [2.45, 2.75) is 38.1 Å². The van der Waals surface area contributed by atoms with E-state index in [0.717, 1.165) is 48.3 Å². The molecule has 2 aliphatic rings. The van der Waals surface area contributed by atoms with Gasteiger partial charge in [-0.05, 0) is 37.1 Å². The molecule has 3 heterocycles. The van der Waals surface area contributed by atoms with Gasteiger partial charge in [0.05, 0.1) is 31.4 Å². The lowest BCUT2D eigenvalue weighted by Gasteiger charge is -2.29. The fourth-order valence-electron chi connectivity index (χ4n) is 5.48. The Balaban J connectivity index is 1.37. The third kappa shape index (κ3) is 5.37. The molecule has 5 N–H and O–H groups in total. The monoisotopic (exact) mass is 542 g/mol. The third-order valence-corrected chi connectivity index (χ3v) is 7.59. The van der Waals surface area contributed by atoms with Crippen molar-refractivity contribution in [2.75, 3.05) is 48.9 Å². The van der Waals surface area contributed by atoms with Gasteiger partial charge in [0.25, 0.3) is 0 Å². The number of amides is 1. The van der Waals surface area contributed by atoms with Crippen LogP contribution in [-0.4, -0.2) is 65.5 Å². The lowest BCUT2D eigenvalue weighted by molar-refractivity contribution is 0.100. The van der Waals surface area contributed by atoms with Gasteiger partial charge in [0.2, 0.25) is 11.9 Å². The van der Waals surface area contributed by atoms with Crippen LogP contribution >= 0.6 is 0 Å². The molecule has 4 aromatic rings. The minimum absolute atomic E-state index is 0.307. The summed E-state index contributed by atoms with van der Waals surface area (Å²) in [6.45, 7) is 3.12. The molecule has 6 rings (SSSR count). The summed E-state index contributed by atoms with van der Waals surface area (Å²) in [5, 5.41) is 15.4. The summed E-state index contributed by atoms with van der Waals surface area (Å²) in [4.78, 5) is 23.8. The van der Waals surface area contributed by atoms with Crippen LogP contribution in [0.1, 0.15) is 42.5 Å². The van der Waals surface area contributed by atoms with Gasteiger partial charge < -0.3 is 30.7 Å². The standard InChI is InChI=1S/C29H34N8O3/c1-39-23-17-21(37-12-14-40-15-13-37)10-11-22(23)32-29-33-27(31-20-8-3-2-4-9-20)24-25(35-36-28(24)34-29)18-6-5-7-19(16-18)26(30)38/h5-7,10-11,16-17,20H,2-4,8-9,12-15H2,1H3,(H2,30,38)(H3,31,32,33,34,35,36). The molecule has 1 saturated carbocycles. The molecule has 11 heteroatoms. The number of aromatic amines is 1. The van der Waals surface area contributed by atoms with Gasteiger partial charge in [0.15, 0.2) is 5.65 Å². The maximum absolute atomic E-state index is 11.8. The normalized spacial score (nSPS) is 16.2. The molecule has 2 fully saturated rings. The van der Waals surface area contributed by atoms with Crippen molar-refractivity contribution in [2.24, 2.45) is 5.73 Å². The number of nitrogens with zero attached hydrogens (tertiary/aromatic N) is 4. The number of morpholine rings is 1. The Kier molecular flexibility index (Phi) is 7.37. The zero-order valence-corrected chi connectivity index (χ0v) is 22.6. The molecule has 40 heavy (non-hydrogen) atoms. The predicted molar refractivity (Wildman–Crippen MR) is 155 cm³/mol. The molecule has 0 bridgehead atoms. The highest BCUT2D eigenvalue weighted by atomic mass is 16.5. The molecule has 2 aromatic heterocycles. The fourth-order valence-corrected chi connectivity index (χ4v) is 5.48. The second kappa shape index (κ2) is 11.4. The number of nitrogens with two attached hydrogens (primary N) is 1. The van der Waals surface area contributed by atoms with Crippen LogP contribution in [0, 0.1) is 0 Å². The predicted octanol–water partition coefficient (Wildman–Crippen LogP) is 4.45. The summed E-state index contributed by atoms with van der Waals surface area (Å²) in [6, 6.07) is 13.5. The van der Waals surface area contributed by atoms with E-state index >= 15 is 0 Å². The summed E-state index contributed by atoms with van der Waals surface area (Å²) < 4.78 is 11.2. The number of hydrogen-bond donors (Lipinski definition) is 4. The van der Waals surface area contributed by atoms with Crippen molar-refractivity contribution in [1.29, 1.82) is 0 Å². The van der Waals surface area contributed by atoms with Crippen LogP contribution in [0.3, 0.4) is 0 Å². The van der Waals surface area contributed by atoms with E-state index in [1.165, 1.54) is 19.3 Å². The molecule has 0 spiro atoms. The highest BCUT2D eigenvalue weighted by molar-refractivity contribution is 6.01. The molecule has 1 aliphatic heterocycles. The number of primary amides is 1. The van der Waals surface area contributed by atoms with Crippen LogP contribution in [0.5, 0.6) is 5.75 Å². The van der Waals surface area contributed by atoms with Crippen LogP contribution in [0.15, 0.2) is 42.5 Å². The number of nitrogens with one attached hydrogen (secondary N) is 3. The van der Waals surface area contributed by atoms with E-state index in [1.54, 1.807) is 25.3 Å². The molecule has 1 aliphatic carbocycles. The fraction of sp³-hybridized carbons (Fsp3) is 0.379. The second-order valence-electron chi connectivity index (χ2n) is 10.2. The van der Waals surface area contributed by atoms with Crippen LogP contribution in [0.2, 0.25) is 0 Å². The van der Waals surface area contributed by atoms with Gasteiger partial charge in [0.1, 0.15) is 17.3 Å². The smallest absolute Gasteiger partial charge is 0.248 e. The zero-order valence-electron chi connectivity index (χ0n) is 22.6. The first-order chi connectivity index (χ1) is 19.6. The minimum atomic E-state index is -0.487. The number of aromatic nitrogens is 4. The lowest BCUT2D eigenvalue weighted by atomic mass is 9.95. The number of anilines is 4. The topological polar surface area (TPSA) is 143 Å². The van der Waals surface area contributed by atoms with Crippen LogP contribution < -0.4 is 26.0 Å². The van der Waals surface area contributed by atoms with E-state index in [4.69, 9.17) is 25.2 Å². The van der Waals surface area contributed by atoms with Crippen molar-refractivity contribution < 1.29 is 14.3 Å². The molecular weight excluding hydrogens is 508 g/mol. The molecule has 1 saturated heterocycles. The van der Waals surface area contributed by atoms with E-state index in [9.17, 15) is 4.79 Å². The average Bonchev–Trinajstić information content (AvgIpc) is 3.43. The Labute approximate surface area is 232 Å². The van der Waals surface area contributed by atoms with Gasteiger partial charge >= 0.3 is 0 Å². The molecule has 0 unspecified atom stereocenters. The summed E-state index contributed by atoms with van der Waals surface area (Å²) in [6.07, 6.45) is 5.78. The van der Waals surface area contributed by atoms with Gasteiger partial charge in [-0.2, -0.15) is 15.1 Å². The molecule has 11 nitrogen and oxygen atoms in total. The Hall–Kier alpha value is -4.38. The number of benzene rings is 2. The molecule has 0 radical (unpaired) electrons. The first-order valence-corrected chi connectivity index (χ1v) is 13.8. The van der Waals surface area contributed by atoms with Crippen molar-refractivity contribution in [1.82, 2.24) is 20.2 Å². The molecule has 1 amide bonds. The summed E-state index contributed by atoms with van der Waals surface area (Å²) >= 11 is 0. The van der Waals surface area contributed by atoms with Crippen molar-refractivity contribution in [3.63, 3.8) is 0 Å². The lowest BCUT2D eigenvalue weighted by Crippen LogP contribution is -2.36. The molecular formula is C29H34N8O3. The first kappa shape index (κ1) is 25.9. The van der Waals surface area contributed by atoms with Crippen molar-refractivity contribution in [3.05, 3.63) is 48.0 Å². The number of H-pyrrole nitrogens is 1. The highest BCUT2D eigenvalue weighted by Gasteiger charge is 2.22. The average molecular weight is 543 g/mol. The summed E-state index contributed by atoms with van der Waals surface area (Å²) in [5.41, 5.74) is 9.81. The SMILES string of the molecule is COc1cc(N2CCOCC2)ccc1Nc1nc(NC2CCCCC2)c2c(-c3cccc(C(N)=O)c3)n[nH]c2n1. The number of fused-ring (bicyclic) bond motifs is 1. The molecule has 208 valence electrons. The number of carbonyl (C=O) groups is 1. The van der Waals surface area contributed by atoms with E-state index < -0.39 is 5.91 Å². The van der Waals surface area contributed by atoms with Gasteiger partial charge in [-0.1, -0.05) is 31.4 Å². The maximum atomic E-state index is 11.8. The second-order valence-corrected chi connectivity index (χ2v) is 10.2. The number of ether oxygens (including phenoxy) is 2.